The second-order valence-electron chi connectivity index (χ2n) is 7.42. The minimum Gasteiger partial charge on any atom is -0.383 e. The van der Waals surface area contributed by atoms with E-state index in [1.807, 2.05) is 56.3 Å². The smallest absolute Gasteiger partial charge is 0.330 e. The largest absolute Gasteiger partial charge is 0.383 e. The van der Waals surface area contributed by atoms with E-state index in [9.17, 15) is 14.4 Å². The van der Waals surface area contributed by atoms with Gasteiger partial charge in [-0.25, -0.2) is 9.78 Å². The van der Waals surface area contributed by atoms with Gasteiger partial charge < -0.3 is 10.6 Å². The van der Waals surface area contributed by atoms with E-state index in [0.29, 0.717) is 11.6 Å². The van der Waals surface area contributed by atoms with Crippen molar-refractivity contribution >= 4 is 29.2 Å². The lowest BCUT2D eigenvalue weighted by Crippen LogP contribution is -2.43. The van der Waals surface area contributed by atoms with E-state index in [0.717, 1.165) is 5.56 Å². The maximum Gasteiger partial charge on any atom is 0.330 e. The number of pyridine rings is 1. The minimum atomic E-state index is -0.677. The molecule has 0 aliphatic heterocycles. The third kappa shape index (κ3) is 5.64. The number of hydrogen-bond donors (Lipinski definition) is 2. The third-order valence-electron chi connectivity index (χ3n) is 4.50. The lowest BCUT2D eigenvalue weighted by atomic mass is 10.2. The maximum atomic E-state index is 13.1. The van der Waals surface area contributed by atoms with Crippen LogP contribution >= 0.6 is 11.8 Å². The number of carbonyl (C=O) groups is 1. The SMILES string of the molecule is CC(C)CN(C(=O)CSc1ccccn1)c1c(N)n(Cc2ccccc2)c(=O)[nH]c1=O. The predicted molar refractivity (Wildman–Crippen MR) is 123 cm³/mol. The Hall–Kier alpha value is -3.33. The molecular weight excluding hydrogens is 414 g/mol. The van der Waals surface area contributed by atoms with Gasteiger partial charge in [0.25, 0.3) is 5.56 Å². The third-order valence-corrected chi connectivity index (χ3v) is 5.43. The normalized spacial score (nSPS) is 10.9. The van der Waals surface area contributed by atoms with Crippen LogP contribution in [0.15, 0.2) is 69.3 Å². The van der Waals surface area contributed by atoms with Gasteiger partial charge in [-0.05, 0) is 23.6 Å². The van der Waals surface area contributed by atoms with Crippen molar-refractivity contribution in [2.75, 3.05) is 22.9 Å². The number of nitrogens with zero attached hydrogens (tertiary/aromatic N) is 3. The molecule has 3 N–H and O–H groups in total. The van der Waals surface area contributed by atoms with Gasteiger partial charge in [0.1, 0.15) is 5.82 Å². The fourth-order valence-corrected chi connectivity index (χ4v) is 3.83. The number of aromatic nitrogens is 3. The number of thioether (sulfide) groups is 1. The van der Waals surface area contributed by atoms with Crippen LogP contribution in [-0.4, -0.2) is 32.7 Å². The van der Waals surface area contributed by atoms with Crippen LogP contribution < -0.4 is 21.9 Å². The highest BCUT2D eigenvalue weighted by molar-refractivity contribution is 7.99. The first-order chi connectivity index (χ1) is 14.9. The molecular formula is C22H25N5O3S. The molecule has 0 fully saturated rings. The molecule has 31 heavy (non-hydrogen) atoms. The Kier molecular flexibility index (Phi) is 7.30. The Morgan fingerprint density at radius 3 is 2.52 bits per heavy atom. The van der Waals surface area contributed by atoms with Crippen molar-refractivity contribution in [2.24, 2.45) is 5.92 Å². The summed E-state index contributed by atoms with van der Waals surface area (Å²) in [7, 11) is 0. The van der Waals surface area contributed by atoms with Gasteiger partial charge >= 0.3 is 5.69 Å². The summed E-state index contributed by atoms with van der Waals surface area (Å²) in [6.45, 7) is 4.35. The van der Waals surface area contributed by atoms with Gasteiger partial charge in [-0.3, -0.25) is 19.1 Å². The topological polar surface area (TPSA) is 114 Å². The number of H-pyrrole nitrogens is 1. The lowest BCUT2D eigenvalue weighted by molar-refractivity contribution is -0.116. The van der Waals surface area contributed by atoms with Crippen LogP contribution in [0.2, 0.25) is 0 Å². The van der Waals surface area contributed by atoms with Crippen molar-refractivity contribution in [1.82, 2.24) is 14.5 Å². The van der Waals surface area contributed by atoms with Crippen molar-refractivity contribution < 1.29 is 4.79 Å². The zero-order valence-corrected chi connectivity index (χ0v) is 18.3. The molecule has 2 heterocycles. The maximum absolute atomic E-state index is 13.1. The summed E-state index contributed by atoms with van der Waals surface area (Å²) in [4.78, 5) is 46.1. The molecule has 0 saturated heterocycles. The van der Waals surface area contributed by atoms with E-state index in [-0.39, 0.29) is 35.6 Å². The zero-order valence-electron chi connectivity index (χ0n) is 17.4. The first-order valence-corrected chi connectivity index (χ1v) is 10.9. The average molecular weight is 440 g/mol. The fourth-order valence-electron chi connectivity index (χ4n) is 3.09. The number of carbonyl (C=O) groups excluding carboxylic acids is 1. The van der Waals surface area contributed by atoms with Crippen LogP contribution in [0.4, 0.5) is 11.5 Å². The molecule has 0 radical (unpaired) electrons. The second kappa shape index (κ2) is 10.1. The summed E-state index contributed by atoms with van der Waals surface area (Å²) in [5, 5.41) is 0.705. The molecule has 3 aromatic rings. The van der Waals surface area contributed by atoms with Crippen LogP contribution in [0.25, 0.3) is 0 Å². The Labute approximate surface area is 184 Å². The molecule has 1 amide bonds. The zero-order chi connectivity index (χ0) is 22.4. The Balaban J connectivity index is 1.96. The minimum absolute atomic E-state index is 0.00384. The van der Waals surface area contributed by atoms with Crippen LogP contribution in [0.1, 0.15) is 19.4 Å². The summed E-state index contributed by atoms with van der Waals surface area (Å²) in [6, 6.07) is 14.7. The van der Waals surface area contributed by atoms with Crippen molar-refractivity contribution in [3.8, 4) is 0 Å². The molecule has 8 nitrogen and oxygen atoms in total. The molecule has 1 aromatic carbocycles. The molecule has 0 aliphatic rings. The highest BCUT2D eigenvalue weighted by atomic mass is 32.2. The van der Waals surface area contributed by atoms with Crippen molar-refractivity contribution in [1.29, 1.82) is 0 Å². The first kappa shape index (κ1) is 22.4. The molecule has 0 spiro atoms. The number of rotatable bonds is 8. The van der Waals surface area contributed by atoms with Gasteiger partial charge in [-0.2, -0.15) is 0 Å². The molecule has 9 heteroatoms. The molecule has 0 atom stereocenters. The molecule has 0 unspecified atom stereocenters. The lowest BCUT2D eigenvalue weighted by Gasteiger charge is -2.26. The quantitative estimate of drug-likeness (QED) is 0.521. The van der Waals surface area contributed by atoms with E-state index < -0.39 is 11.2 Å². The number of benzene rings is 1. The number of nitrogen functional groups attached to an aromatic ring is 1. The van der Waals surface area contributed by atoms with Crippen LogP contribution in [0, 0.1) is 5.92 Å². The van der Waals surface area contributed by atoms with E-state index in [2.05, 4.69) is 9.97 Å². The van der Waals surface area contributed by atoms with Crippen LogP contribution in [-0.2, 0) is 11.3 Å². The Bertz CT molecular complexity index is 1140. The molecule has 0 aliphatic carbocycles. The van der Waals surface area contributed by atoms with Crippen molar-refractivity contribution in [3.63, 3.8) is 0 Å². The van der Waals surface area contributed by atoms with E-state index in [4.69, 9.17) is 5.73 Å². The summed E-state index contributed by atoms with van der Waals surface area (Å²) in [5.41, 5.74) is 5.84. The van der Waals surface area contributed by atoms with Crippen LogP contribution in [0.5, 0.6) is 0 Å². The van der Waals surface area contributed by atoms with Crippen LogP contribution in [0.3, 0.4) is 0 Å². The highest BCUT2D eigenvalue weighted by Crippen LogP contribution is 2.22. The van der Waals surface area contributed by atoms with Crippen molar-refractivity contribution in [2.45, 2.75) is 25.4 Å². The monoisotopic (exact) mass is 439 g/mol. The fraction of sp³-hybridized carbons (Fsp3) is 0.273. The summed E-state index contributed by atoms with van der Waals surface area (Å²) >= 11 is 1.28. The Morgan fingerprint density at radius 1 is 1.16 bits per heavy atom. The van der Waals surface area contributed by atoms with E-state index in [1.165, 1.54) is 21.2 Å². The van der Waals surface area contributed by atoms with Crippen molar-refractivity contribution in [3.05, 3.63) is 81.1 Å². The summed E-state index contributed by atoms with van der Waals surface area (Å²) in [6.07, 6.45) is 1.65. The van der Waals surface area contributed by atoms with Gasteiger partial charge in [0.15, 0.2) is 5.69 Å². The highest BCUT2D eigenvalue weighted by Gasteiger charge is 2.25. The number of nitrogens with two attached hydrogens (primary N) is 1. The standard InChI is InChI=1S/C22H25N5O3S/c1-15(2)12-26(18(28)14-31-17-10-6-7-11-24-17)19-20(23)27(22(30)25-21(19)29)13-16-8-4-3-5-9-16/h3-11,15H,12-14,23H2,1-2H3,(H,25,29,30). The Morgan fingerprint density at radius 2 is 1.87 bits per heavy atom. The number of aromatic amines is 1. The van der Waals surface area contributed by atoms with Gasteiger partial charge in [-0.1, -0.05) is 62.0 Å². The molecule has 162 valence electrons. The summed E-state index contributed by atoms with van der Waals surface area (Å²) in [5.74, 6) is -0.154. The van der Waals surface area contributed by atoms with Gasteiger partial charge in [0.2, 0.25) is 5.91 Å². The van der Waals surface area contributed by atoms with Gasteiger partial charge in [-0.15, -0.1) is 0 Å². The average Bonchev–Trinajstić information content (AvgIpc) is 2.75. The number of hydrogen-bond acceptors (Lipinski definition) is 6. The molecule has 0 saturated carbocycles. The molecule has 2 aromatic heterocycles. The number of anilines is 2. The van der Waals surface area contributed by atoms with E-state index >= 15 is 0 Å². The number of nitrogens with one attached hydrogen (secondary N) is 1. The molecule has 0 bridgehead atoms. The summed E-state index contributed by atoms with van der Waals surface area (Å²) < 4.78 is 1.28. The molecule has 3 rings (SSSR count). The van der Waals surface area contributed by atoms with Gasteiger partial charge in [0.05, 0.1) is 17.3 Å². The second-order valence-corrected chi connectivity index (χ2v) is 8.42. The van der Waals surface area contributed by atoms with Gasteiger partial charge in [0, 0.05) is 12.7 Å². The predicted octanol–water partition coefficient (Wildman–Crippen LogP) is 2.34. The van der Waals surface area contributed by atoms with E-state index in [1.54, 1.807) is 12.3 Å². The first-order valence-electron chi connectivity index (χ1n) is 9.87. The number of amides is 1.